The minimum atomic E-state index is -1.05. The topological polar surface area (TPSA) is 120 Å². The van der Waals surface area contributed by atoms with Crippen LogP contribution in [-0.2, 0) is 20.7 Å². The molecule has 1 aliphatic rings. The van der Waals surface area contributed by atoms with E-state index in [4.69, 9.17) is 9.47 Å². The third-order valence-electron chi connectivity index (χ3n) is 8.48. The molecule has 9 nitrogen and oxygen atoms in total. The fourth-order valence-electron chi connectivity index (χ4n) is 5.39. The van der Waals surface area contributed by atoms with Gasteiger partial charge in [-0.2, -0.15) is 0 Å². The fraction of sp³-hybridized carbons (Fsp3) is 0.556. The summed E-state index contributed by atoms with van der Waals surface area (Å²) in [6.45, 7) is 12.3. The number of benzene rings is 2. The van der Waals surface area contributed by atoms with Gasteiger partial charge >= 0.3 is 0 Å². The van der Waals surface area contributed by atoms with Gasteiger partial charge in [0, 0.05) is 31.5 Å². The van der Waals surface area contributed by atoms with Crippen molar-refractivity contribution in [3.05, 3.63) is 69.8 Å². The smallest absolute Gasteiger partial charge is 0.245 e. The van der Waals surface area contributed by atoms with Crippen LogP contribution in [0.1, 0.15) is 80.0 Å². The number of carbonyl (C=O) groups is 2. The van der Waals surface area contributed by atoms with E-state index in [9.17, 15) is 19.8 Å². The Balaban J connectivity index is 1.73. The maximum atomic E-state index is 13.2. The van der Waals surface area contributed by atoms with Crippen LogP contribution in [0.2, 0.25) is 0 Å². The molecule has 3 unspecified atom stereocenters. The standard InChI is InChI=1S/C36H53N3O6/c1-23-16-25(12-13-35(3,4)33(42)38-36(5,6)34(43)37-14-15-39(7)8)10-11-26(23)18-27-19-30(31(44-9)17-24(27)2)32-21-28(41)20-29(22-40)45-32/h10-13,16-17,19,28-29,32,40-41H,14-15,18,20-22H2,1-9H3,(H,37,43)(H,38,42). The van der Waals surface area contributed by atoms with Gasteiger partial charge in [-0.15, -0.1) is 0 Å². The number of hydrogen-bond acceptors (Lipinski definition) is 7. The van der Waals surface area contributed by atoms with Gasteiger partial charge in [0.2, 0.25) is 11.8 Å². The highest BCUT2D eigenvalue weighted by atomic mass is 16.5. The van der Waals surface area contributed by atoms with Gasteiger partial charge in [-0.1, -0.05) is 30.4 Å². The molecule has 1 saturated heterocycles. The number of rotatable bonds is 13. The molecule has 2 amide bonds. The average Bonchev–Trinajstić information content (AvgIpc) is 2.97. The minimum Gasteiger partial charge on any atom is -0.496 e. The highest BCUT2D eigenvalue weighted by molar-refractivity contribution is 5.93. The van der Waals surface area contributed by atoms with Gasteiger partial charge in [0.15, 0.2) is 0 Å². The molecule has 248 valence electrons. The van der Waals surface area contributed by atoms with Crippen LogP contribution in [0.25, 0.3) is 6.08 Å². The molecule has 2 aromatic carbocycles. The van der Waals surface area contributed by atoms with Crippen LogP contribution >= 0.6 is 0 Å². The Morgan fingerprint density at radius 1 is 1.04 bits per heavy atom. The van der Waals surface area contributed by atoms with Gasteiger partial charge in [-0.05, 0) is 102 Å². The van der Waals surface area contributed by atoms with Crippen molar-refractivity contribution in [3.8, 4) is 5.75 Å². The number of likely N-dealkylation sites (N-methyl/N-ethyl adjacent to an activating group) is 1. The number of methoxy groups -OCH3 is 1. The summed E-state index contributed by atoms with van der Waals surface area (Å²) >= 11 is 0. The number of nitrogens with zero attached hydrogens (tertiary/aromatic N) is 1. The van der Waals surface area contributed by atoms with E-state index in [1.165, 1.54) is 5.56 Å². The summed E-state index contributed by atoms with van der Waals surface area (Å²) in [5.74, 6) is 0.260. The molecule has 2 aromatic rings. The van der Waals surface area contributed by atoms with Crippen molar-refractivity contribution in [2.75, 3.05) is 40.9 Å². The number of amides is 2. The summed E-state index contributed by atoms with van der Waals surface area (Å²) in [4.78, 5) is 27.9. The number of aliphatic hydroxyl groups is 2. The molecular formula is C36H53N3O6. The molecule has 1 heterocycles. The molecule has 0 aliphatic carbocycles. The second-order valence-electron chi connectivity index (χ2n) is 13.6. The lowest BCUT2D eigenvalue weighted by Gasteiger charge is -2.33. The first-order valence-corrected chi connectivity index (χ1v) is 15.7. The molecule has 3 rings (SSSR count). The second-order valence-corrected chi connectivity index (χ2v) is 13.6. The quantitative estimate of drug-likeness (QED) is 0.265. The Labute approximate surface area is 269 Å². The molecule has 4 N–H and O–H groups in total. The largest absolute Gasteiger partial charge is 0.496 e. The van der Waals surface area contributed by atoms with E-state index in [2.05, 4.69) is 42.7 Å². The lowest BCUT2D eigenvalue weighted by molar-refractivity contribution is -0.135. The summed E-state index contributed by atoms with van der Waals surface area (Å²) in [5, 5.41) is 25.8. The summed E-state index contributed by atoms with van der Waals surface area (Å²) in [5.41, 5.74) is 4.49. The average molecular weight is 624 g/mol. The highest BCUT2D eigenvalue weighted by Gasteiger charge is 2.35. The molecular weight excluding hydrogens is 570 g/mol. The third-order valence-corrected chi connectivity index (χ3v) is 8.48. The van der Waals surface area contributed by atoms with Crippen molar-refractivity contribution in [1.82, 2.24) is 15.5 Å². The summed E-state index contributed by atoms with van der Waals surface area (Å²) in [6, 6.07) is 10.4. The lowest BCUT2D eigenvalue weighted by atomic mass is 9.88. The lowest BCUT2D eigenvalue weighted by Crippen LogP contribution is -2.57. The molecule has 0 spiro atoms. The summed E-state index contributed by atoms with van der Waals surface area (Å²) < 4.78 is 11.8. The Morgan fingerprint density at radius 3 is 2.36 bits per heavy atom. The maximum absolute atomic E-state index is 13.2. The van der Waals surface area contributed by atoms with Gasteiger partial charge < -0.3 is 35.2 Å². The van der Waals surface area contributed by atoms with Crippen molar-refractivity contribution in [3.63, 3.8) is 0 Å². The first-order chi connectivity index (χ1) is 21.1. The van der Waals surface area contributed by atoms with Crippen LogP contribution in [0.3, 0.4) is 0 Å². The van der Waals surface area contributed by atoms with Gasteiger partial charge in [0.05, 0.1) is 37.4 Å². The molecule has 1 aliphatic heterocycles. The van der Waals surface area contributed by atoms with Crippen molar-refractivity contribution >= 4 is 17.9 Å². The van der Waals surface area contributed by atoms with Gasteiger partial charge in [-0.25, -0.2) is 0 Å². The summed E-state index contributed by atoms with van der Waals surface area (Å²) in [6.07, 6.45) is 4.08. The van der Waals surface area contributed by atoms with Crippen LogP contribution in [0.4, 0.5) is 0 Å². The van der Waals surface area contributed by atoms with Crippen LogP contribution in [0.5, 0.6) is 5.75 Å². The SMILES string of the molecule is COc1cc(C)c(Cc2ccc(C=CC(C)(C)C(=O)NC(C)(C)C(=O)NCCN(C)C)cc2C)cc1C1CC(O)CC(CO)O1. The zero-order valence-corrected chi connectivity index (χ0v) is 28.5. The normalized spacial score (nSPS) is 19.2. The Morgan fingerprint density at radius 2 is 1.73 bits per heavy atom. The second kappa shape index (κ2) is 15.4. The number of carbonyl (C=O) groups excluding carboxylic acids is 2. The Bertz CT molecular complexity index is 1370. The van der Waals surface area contributed by atoms with E-state index >= 15 is 0 Å². The van der Waals surface area contributed by atoms with Crippen LogP contribution < -0.4 is 15.4 Å². The molecule has 0 aromatic heterocycles. The number of hydrogen-bond donors (Lipinski definition) is 4. The van der Waals surface area contributed by atoms with Crippen LogP contribution in [0.15, 0.2) is 36.4 Å². The van der Waals surface area contributed by atoms with E-state index in [0.29, 0.717) is 31.6 Å². The third kappa shape index (κ3) is 9.87. The Hall–Kier alpha value is -3.24. The van der Waals surface area contributed by atoms with Crippen LogP contribution in [0, 0.1) is 19.3 Å². The van der Waals surface area contributed by atoms with Gasteiger partial charge in [0.25, 0.3) is 0 Å². The van der Waals surface area contributed by atoms with E-state index in [-0.39, 0.29) is 24.5 Å². The first-order valence-electron chi connectivity index (χ1n) is 15.7. The number of nitrogens with one attached hydrogen (secondary N) is 2. The van der Waals surface area contributed by atoms with E-state index in [1.54, 1.807) is 21.0 Å². The molecule has 1 fully saturated rings. The minimum absolute atomic E-state index is 0.136. The molecule has 0 saturated carbocycles. The number of aliphatic hydroxyl groups excluding tert-OH is 2. The van der Waals surface area contributed by atoms with Gasteiger partial charge in [0.1, 0.15) is 11.3 Å². The molecule has 3 atom stereocenters. The predicted octanol–water partition coefficient (Wildman–Crippen LogP) is 4.09. The van der Waals surface area contributed by atoms with Crippen molar-refractivity contribution in [1.29, 1.82) is 0 Å². The van der Waals surface area contributed by atoms with Crippen molar-refractivity contribution < 1.29 is 29.3 Å². The predicted molar refractivity (Wildman–Crippen MR) is 178 cm³/mol. The number of ether oxygens (including phenoxy) is 2. The number of aryl methyl sites for hydroxylation is 2. The Kier molecular flexibility index (Phi) is 12.4. The van der Waals surface area contributed by atoms with E-state index < -0.39 is 23.2 Å². The van der Waals surface area contributed by atoms with Crippen LogP contribution in [-0.4, -0.2) is 85.6 Å². The summed E-state index contributed by atoms with van der Waals surface area (Å²) in [7, 11) is 5.51. The molecule has 0 bridgehead atoms. The van der Waals surface area contributed by atoms with E-state index in [0.717, 1.165) is 34.4 Å². The van der Waals surface area contributed by atoms with Crippen molar-refractivity contribution in [2.45, 2.75) is 84.7 Å². The van der Waals surface area contributed by atoms with E-state index in [1.807, 2.05) is 57.1 Å². The highest BCUT2D eigenvalue weighted by Crippen LogP contribution is 2.38. The zero-order valence-electron chi connectivity index (χ0n) is 28.5. The molecule has 45 heavy (non-hydrogen) atoms. The monoisotopic (exact) mass is 623 g/mol. The molecule has 0 radical (unpaired) electrons. The van der Waals surface area contributed by atoms with Crippen molar-refractivity contribution in [2.24, 2.45) is 5.41 Å². The maximum Gasteiger partial charge on any atom is 0.245 e. The molecule has 9 heteroatoms. The zero-order chi connectivity index (χ0) is 33.5. The van der Waals surface area contributed by atoms with Gasteiger partial charge in [-0.3, -0.25) is 9.59 Å². The first kappa shape index (κ1) is 36.2. The fourth-order valence-corrected chi connectivity index (χ4v) is 5.39.